The molecule has 2 rings (SSSR count). The normalized spacial score (nSPS) is 10.7. The fraction of sp³-hybridized carbons (Fsp3) is 0.125. The van der Waals surface area contributed by atoms with E-state index in [1.807, 2.05) is 0 Å². The van der Waals surface area contributed by atoms with Crippen LogP contribution in [0.2, 0.25) is 0 Å². The molecule has 0 bridgehead atoms. The van der Waals surface area contributed by atoms with Gasteiger partial charge in [0.05, 0.1) is 4.47 Å². The highest BCUT2D eigenvalue weighted by molar-refractivity contribution is 9.10. The summed E-state index contributed by atoms with van der Waals surface area (Å²) in [7, 11) is 1.57. The number of rotatable bonds is 0. The van der Waals surface area contributed by atoms with Crippen molar-refractivity contribution in [1.29, 1.82) is 0 Å². The lowest BCUT2D eigenvalue weighted by Crippen LogP contribution is -2.18. The Morgan fingerprint density at radius 2 is 2.21 bits per heavy atom. The first kappa shape index (κ1) is 9.14. The molecule has 0 amide bonds. The van der Waals surface area contributed by atoms with E-state index in [-0.39, 0.29) is 11.1 Å². The number of fused-ring (bicyclic) bond motifs is 1. The van der Waals surface area contributed by atoms with Crippen LogP contribution in [0.5, 0.6) is 0 Å². The summed E-state index contributed by atoms with van der Waals surface area (Å²) in [6.07, 6.45) is 2.60. The number of halogens is 1. The lowest BCUT2D eigenvalue weighted by atomic mass is 10.4. The number of aromatic nitrogens is 2. The van der Waals surface area contributed by atoms with Crippen LogP contribution < -0.4 is 11.2 Å². The molecule has 2 aromatic rings. The van der Waals surface area contributed by atoms with Gasteiger partial charge in [0.2, 0.25) is 5.58 Å². The standard InChI is InChI=1S/C8H5BrN2O3/c1-11-3-4(9)6-7(8(11)13)14-5(12)2-10-6/h2-3H,1H3. The van der Waals surface area contributed by atoms with Gasteiger partial charge in [-0.25, -0.2) is 9.78 Å². The Hall–Kier alpha value is -1.43. The highest BCUT2D eigenvalue weighted by atomic mass is 79.9. The Morgan fingerprint density at radius 1 is 1.50 bits per heavy atom. The maximum atomic E-state index is 11.5. The lowest BCUT2D eigenvalue weighted by molar-refractivity contribution is 0.545. The van der Waals surface area contributed by atoms with E-state index in [4.69, 9.17) is 4.42 Å². The minimum atomic E-state index is -0.632. The van der Waals surface area contributed by atoms with Gasteiger partial charge < -0.3 is 8.98 Å². The number of pyridine rings is 1. The third kappa shape index (κ3) is 1.27. The van der Waals surface area contributed by atoms with E-state index < -0.39 is 5.63 Å². The summed E-state index contributed by atoms with van der Waals surface area (Å²) in [5.74, 6) is 0. The van der Waals surface area contributed by atoms with Gasteiger partial charge in [0.1, 0.15) is 11.7 Å². The first-order chi connectivity index (χ1) is 6.59. The molecule has 2 aromatic heterocycles. The van der Waals surface area contributed by atoms with Crippen molar-refractivity contribution >= 4 is 27.0 Å². The van der Waals surface area contributed by atoms with E-state index in [1.54, 1.807) is 13.2 Å². The van der Waals surface area contributed by atoms with Gasteiger partial charge in [0, 0.05) is 13.2 Å². The third-order valence-corrected chi connectivity index (χ3v) is 2.34. The molecule has 2 heterocycles. The topological polar surface area (TPSA) is 65.1 Å². The molecular formula is C8H5BrN2O3. The molecule has 14 heavy (non-hydrogen) atoms. The van der Waals surface area contributed by atoms with Crippen LogP contribution in [0.1, 0.15) is 0 Å². The Labute approximate surface area is 86.1 Å². The smallest absolute Gasteiger partial charge is 0.355 e. The molecule has 0 unspecified atom stereocenters. The Kier molecular flexibility index (Phi) is 1.99. The molecule has 0 aliphatic heterocycles. The van der Waals surface area contributed by atoms with Crippen LogP contribution in [0.25, 0.3) is 11.1 Å². The minimum Gasteiger partial charge on any atom is -0.414 e. The molecule has 0 radical (unpaired) electrons. The molecule has 0 saturated heterocycles. The lowest BCUT2D eigenvalue weighted by Gasteiger charge is -2.00. The first-order valence-electron chi connectivity index (χ1n) is 3.74. The summed E-state index contributed by atoms with van der Waals surface area (Å²) in [6, 6.07) is 0. The van der Waals surface area contributed by atoms with Crippen molar-refractivity contribution in [3.8, 4) is 0 Å². The quantitative estimate of drug-likeness (QED) is 0.695. The fourth-order valence-corrected chi connectivity index (χ4v) is 1.71. The van der Waals surface area contributed by atoms with Crippen molar-refractivity contribution in [1.82, 2.24) is 9.55 Å². The van der Waals surface area contributed by atoms with Gasteiger partial charge in [0.25, 0.3) is 5.56 Å². The van der Waals surface area contributed by atoms with Crippen molar-refractivity contribution < 1.29 is 4.42 Å². The molecule has 0 spiro atoms. The Balaban J connectivity index is 3.11. The van der Waals surface area contributed by atoms with Gasteiger partial charge in [0.15, 0.2) is 0 Å². The minimum absolute atomic E-state index is 0.0330. The Morgan fingerprint density at radius 3 is 2.93 bits per heavy atom. The van der Waals surface area contributed by atoms with Gasteiger partial charge in [-0.15, -0.1) is 0 Å². The molecule has 72 valence electrons. The summed E-state index contributed by atoms with van der Waals surface area (Å²) in [6.45, 7) is 0. The van der Waals surface area contributed by atoms with Crippen LogP contribution in [-0.2, 0) is 7.05 Å². The second-order valence-electron chi connectivity index (χ2n) is 2.75. The van der Waals surface area contributed by atoms with E-state index in [0.29, 0.717) is 9.99 Å². The molecule has 6 heteroatoms. The van der Waals surface area contributed by atoms with Gasteiger partial charge >= 0.3 is 5.63 Å². The van der Waals surface area contributed by atoms with Gasteiger partial charge in [-0.1, -0.05) is 0 Å². The van der Waals surface area contributed by atoms with E-state index >= 15 is 0 Å². The largest absolute Gasteiger partial charge is 0.414 e. The van der Waals surface area contributed by atoms with E-state index in [9.17, 15) is 9.59 Å². The van der Waals surface area contributed by atoms with Crippen molar-refractivity contribution in [3.63, 3.8) is 0 Å². The number of hydrogen-bond donors (Lipinski definition) is 0. The molecule has 0 fully saturated rings. The molecule has 0 aromatic carbocycles. The fourth-order valence-electron chi connectivity index (χ4n) is 1.12. The number of nitrogens with zero attached hydrogens (tertiary/aromatic N) is 2. The summed E-state index contributed by atoms with van der Waals surface area (Å²) < 4.78 is 6.70. The molecule has 5 nitrogen and oxygen atoms in total. The molecule has 0 saturated carbocycles. The summed E-state index contributed by atoms with van der Waals surface area (Å²) in [4.78, 5) is 26.2. The van der Waals surface area contributed by atoms with Gasteiger partial charge in [-0.3, -0.25) is 4.79 Å². The summed E-state index contributed by atoms with van der Waals surface area (Å²) in [5, 5.41) is 0. The zero-order chi connectivity index (χ0) is 10.3. The van der Waals surface area contributed by atoms with E-state index in [0.717, 1.165) is 6.20 Å². The van der Waals surface area contributed by atoms with Crippen LogP contribution in [-0.4, -0.2) is 9.55 Å². The zero-order valence-corrected chi connectivity index (χ0v) is 8.74. The summed E-state index contributed by atoms with van der Waals surface area (Å²) in [5.41, 5.74) is -0.692. The monoisotopic (exact) mass is 256 g/mol. The third-order valence-electron chi connectivity index (χ3n) is 1.76. The maximum Gasteiger partial charge on any atom is 0.355 e. The van der Waals surface area contributed by atoms with Crippen LogP contribution in [0, 0.1) is 0 Å². The van der Waals surface area contributed by atoms with Crippen molar-refractivity contribution in [3.05, 3.63) is 37.6 Å². The van der Waals surface area contributed by atoms with E-state index in [1.165, 1.54) is 4.57 Å². The second-order valence-corrected chi connectivity index (χ2v) is 3.60. The summed E-state index contributed by atoms with van der Waals surface area (Å²) >= 11 is 3.22. The predicted octanol–water partition coefficient (Wildman–Crippen LogP) is 0.649. The van der Waals surface area contributed by atoms with Crippen LogP contribution in [0.3, 0.4) is 0 Å². The molecular weight excluding hydrogens is 252 g/mol. The average Bonchev–Trinajstić information content (AvgIpc) is 2.14. The molecule has 0 aliphatic rings. The molecule has 0 atom stereocenters. The maximum absolute atomic E-state index is 11.5. The van der Waals surface area contributed by atoms with Crippen molar-refractivity contribution in [2.75, 3.05) is 0 Å². The number of aryl methyl sites for hydroxylation is 1. The first-order valence-corrected chi connectivity index (χ1v) is 4.54. The predicted molar refractivity (Wildman–Crippen MR) is 53.2 cm³/mol. The molecule has 0 N–H and O–H groups in total. The van der Waals surface area contributed by atoms with Gasteiger partial charge in [-0.2, -0.15) is 0 Å². The van der Waals surface area contributed by atoms with E-state index in [2.05, 4.69) is 20.9 Å². The van der Waals surface area contributed by atoms with Crippen LogP contribution in [0.15, 0.2) is 30.9 Å². The SMILES string of the molecule is Cn1cc(Br)c2ncc(=O)oc2c1=O. The highest BCUT2D eigenvalue weighted by Gasteiger charge is 2.08. The highest BCUT2D eigenvalue weighted by Crippen LogP contribution is 2.16. The van der Waals surface area contributed by atoms with Crippen molar-refractivity contribution in [2.24, 2.45) is 7.05 Å². The Bertz CT molecular complexity index is 614. The van der Waals surface area contributed by atoms with Crippen LogP contribution in [0.4, 0.5) is 0 Å². The van der Waals surface area contributed by atoms with Crippen LogP contribution >= 0.6 is 15.9 Å². The van der Waals surface area contributed by atoms with Gasteiger partial charge in [-0.05, 0) is 15.9 Å². The zero-order valence-electron chi connectivity index (χ0n) is 7.15. The van der Waals surface area contributed by atoms with Crippen molar-refractivity contribution in [2.45, 2.75) is 0 Å². The second kappa shape index (κ2) is 3.06. The number of hydrogen-bond acceptors (Lipinski definition) is 4. The average molecular weight is 257 g/mol. The molecule has 0 aliphatic carbocycles.